The zero-order valence-corrected chi connectivity index (χ0v) is 22.9. The van der Waals surface area contributed by atoms with Crippen molar-refractivity contribution in [1.82, 2.24) is 24.4 Å². The molecule has 0 radical (unpaired) electrons. The third kappa shape index (κ3) is 6.09. The number of hydrogen-bond donors (Lipinski definition) is 2. The first-order valence-electron chi connectivity index (χ1n) is 11.6. The molecule has 3 N–H and O–H groups in total. The van der Waals surface area contributed by atoms with Gasteiger partial charge in [-0.3, -0.25) is 9.78 Å². The van der Waals surface area contributed by atoms with E-state index in [1.807, 2.05) is 42.8 Å². The monoisotopic (exact) mass is 578 g/mol. The fourth-order valence-corrected chi connectivity index (χ4v) is 4.18. The summed E-state index contributed by atoms with van der Waals surface area (Å²) in [5, 5.41) is 8.51. The summed E-state index contributed by atoms with van der Waals surface area (Å²) in [6.07, 6.45) is -0.0320. The van der Waals surface area contributed by atoms with Crippen molar-refractivity contribution in [3.05, 3.63) is 64.8 Å². The predicted octanol–water partition coefficient (Wildman–Crippen LogP) is 4.99. The van der Waals surface area contributed by atoms with Gasteiger partial charge in [-0.2, -0.15) is 13.2 Å². The molecule has 0 saturated carbocycles. The van der Waals surface area contributed by atoms with Gasteiger partial charge in [0.1, 0.15) is 29.2 Å². The Balaban J connectivity index is 0.000000559. The molecule has 40 heavy (non-hydrogen) atoms. The number of ether oxygens (including phenoxy) is 1. The Bertz CT molecular complexity index is 1560. The number of methoxy groups -OCH3 is 1. The molecule has 0 fully saturated rings. The van der Waals surface area contributed by atoms with Crippen molar-refractivity contribution in [3.63, 3.8) is 0 Å². The normalized spacial score (nSPS) is 11.9. The van der Waals surface area contributed by atoms with Crippen LogP contribution in [0.3, 0.4) is 0 Å². The first-order chi connectivity index (χ1) is 18.7. The van der Waals surface area contributed by atoms with Crippen molar-refractivity contribution in [3.8, 4) is 16.9 Å². The van der Waals surface area contributed by atoms with Gasteiger partial charge >= 0.3 is 12.1 Å². The van der Waals surface area contributed by atoms with Gasteiger partial charge in [0.2, 0.25) is 0 Å². The third-order valence-corrected chi connectivity index (χ3v) is 6.43. The lowest BCUT2D eigenvalue weighted by Crippen LogP contribution is -2.22. The number of rotatable bonds is 5. The Hall–Kier alpha value is -4.39. The van der Waals surface area contributed by atoms with Crippen molar-refractivity contribution < 1.29 is 32.6 Å². The van der Waals surface area contributed by atoms with Crippen LogP contribution in [0.4, 0.5) is 19.0 Å². The second kappa shape index (κ2) is 11.8. The molecule has 0 aliphatic carbocycles. The number of fused-ring (bicyclic) bond motifs is 1. The number of carbonyl (C=O) groups excluding carboxylic acids is 1. The highest BCUT2D eigenvalue weighted by Crippen LogP contribution is 2.43. The number of aliphatic carboxylic acids is 1. The first-order valence-corrected chi connectivity index (χ1v) is 12.0. The fourth-order valence-electron chi connectivity index (χ4n) is 3.97. The molecule has 1 unspecified atom stereocenters. The molecule has 4 rings (SSSR count). The number of nitrogens with zero attached hydrogens (tertiary/aromatic N) is 5. The van der Waals surface area contributed by atoms with E-state index in [1.165, 1.54) is 11.2 Å². The number of anilines is 1. The molecule has 1 atom stereocenters. The number of carboxylic acids is 1. The van der Waals surface area contributed by atoms with Gasteiger partial charge in [0.05, 0.1) is 18.5 Å². The number of benzene rings is 1. The lowest BCUT2D eigenvalue weighted by Gasteiger charge is -2.23. The van der Waals surface area contributed by atoms with Crippen LogP contribution in [-0.2, 0) is 4.79 Å². The summed E-state index contributed by atoms with van der Waals surface area (Å²) >= 11 is 6.68. The molecule has 0 spiro atoms. The van der Waals surface area contributed by atoms with Gasteiger partial charge in [0, 0.05) is 48.2 Å². The van der Waals surface area contributed by atoms with Gasteiger partial charge in [-0.05, 0) is 37.6 Å². The fraction of sp³-hybridized carbons (Fsp3) is 0.269. The molecule has 4 aromatic rings. The Morgan fingerprint density at radius 2 is 1.82 bits per heavy atom. The molecule has 0 aliphatic heterocycles. The number of pyridine rings is 1. The molecule has 3 heterocycles. The Morgan fingerprint density at radius 3 is 2.35 bits per heavy atom. The maximum absolute atomic E-state index is 12.2. The van der Waals surface area contributed by atoms with Crippen molar-refractivity contribution in [2.45, 2.75) is 26.1 Å². The number of alkyl halides is 3. The van der Waals surface area contributed by atoms with Gasteiger partial charge in [-0.25, -0.2) is 14.8 Å². The van der Waals surface area contributed by atoms with E-state index in [-0.39, 0.29) is 11.9 Å². The SMILES string of the molecule is COc1c(C(C)n2ccc3c(N)ncnc32)cc(Cl)c(C)c1-c1ccc(C(=O)N(C)C)nc1.O=C(O)C(F)(F)F. The minimum absolute atomic E-state index is 0.161. The largest absolute Gasteiger partial charge is 0.496 e. The number of aromatic nitrogens is 4. The molecule has 212 valence electrons. The lowest BCUT2D eigenvalue weighted by molar-refractivity contribution is -0.192. The van der Waals surface area contributed by atoms with Crippen LogP contribution < -0.4 is 10.5 Å². The molecule has 1 aromatic carbocycles. The molecule has 0 saturated heterocycles. The Labute approximate surface area is 232 Å². The predicted molar refractivity (Wildman–Crippen MR) is 143 cm³/mol. The first kappa shape index (κ1) is 30.2. The van der Waals surface area contributed by atoms with Crippen LogP contribution in [0.2, 0.25) is 5.02 Å². The topological polar surface area (TPSA) is 136 Å². The smallest absolute Gasteiger partial charge is 0.490 e. The van der Waals surface area contributed by atoms with Crippen molar-refractivity contribution in [2.24, 2.45) is 0 Å². The quantitative estimate of drug-likeness (QED) is 0.338. The molecular weight excluding hydrogens is 553 g/mol. The van der Waals surface area contributed by atoms with E-state index in [4.69, 9.17) is 32.0 Å². The summed E-state index contributed by atoms with van der Waals surface area (Å²) in [5.74, 6) is -1.81. The summed E-state index contributed by atoms with van der Waals surface area (Å²) in [6.45, 7) is 3.98. The van der Waals surface area contributed by atoms with Crippen molar-refractivity contribution >= 4 is 40.3 Å². The van der Waals surface area contributed by atoms with Crippen LogP contribution in [0.25, 0.3) is 22.2 Å². The highest BCUT2D eigenvalue weighted by Gasteiger charge is 2.38. The number of hydrogen-bond acceptors (Lipinski definition) is 7. The van der Waals surface area contributed by atoms with E-state index >= 15 is 0 Å². The van der Waals surface area contributed by atoms with E-state index in [0.717, 1.165) is 33.3 Å². The van der Waals surface area contributed by atoms with Crippen LogP contribution >= 0.6 is 11.6 Å². The second-order valence-electron chi connectivity index (χ2n) is 8.81. The Morgan fingerprint density at radius 1 is 1.18 bits per heavy atom. The molecule has 10 nitrogen and oxygen atoms in total. The molecule has 0 bridgehead atoms. The van der Waals surface area contributed by atoms with Crippen molar-refractivity contribution in [2.75, 3.05) is 26.9 Å². The van der Waals surface area contributed by atoms with Crippen LogP contribution in [0.5, 0.6) is 5.75 Å². The number of nitrogen functional groups attached to an aromatic ring is 1. The molecule has 3 aromatic heterocycles. The minimum Gasteiger partial charge on any atom is -0.496 e. The summed E-state index contributed by atoms with van der Waals surface area (Å²) in [7, 11) is 5.02. The lowest BCUT2D eigenvalue weighted by atomic mass is 9.94. The van der Waals surface area contributed by atoms with Crippen LogP contribution in [-0.4, -0.2) is 68.8 Å². The minimum atomic E-state index is -5.08. The van der Waals surface area contributed by atoms with Gasteiger partial charge in [-0.1, -0.05) is 17.7 Å². The molecule has 14 heteroatoms. The second-order valence-corrected chi connectivity index (χ2v) is 9.22. The summed E-state index contributed by atoms with van der Waals surface area (Å²) in [4.78, 5) is 35.5. The van der Waals surface area contributed by atoms with Crippen LogP contribution in [0, 0.1) is 6.92 Å². The van der Waals surface area contributed by atoms with E-state index in [1.54, 1.807) is 33.5 Å². The summed E-state index contributed by atoms with van der Waals surface area (Å²) in [6, 6.07) is 7.22. The molecular formula is C26H26ClF3N6O4. The number of amides is 1. The molecule has 1 amide bonds. The maximum atomic E-state index is 12.2. The van der Waals surface area contributed by atoms with E-state index in [9.17, 15) is 18.0 Å². The van der Waals surface area contributed by atoms with E-state index < -0.39 is 12.1 Å². The number of nitrogens with two attached hydrogens (primary N) is 1. The van der Waals surface area contributed by atoms with Gasteiger partial charge in [0.25, 0.3) is 5.91 Å². The van der Waals surface area contributed by atoms with E-state index in [0.29, 0.717) is 22.3 Å². The average Bonchev–Trinajstić information content (AvgIpc) is 3.34. The van der Waals surface area contributed by atoms with Crippen molar-refractivity contribution in [1.29, 1.82) is 0 Å². The Kier molecular flexibility index (Phi) is 8.88. The average molecular weight is 579 g/mol. The number of carbonyl (C=O) groups is 2. The van der Waals surface area contributed by atoms with Crippen LogP contribution in [0.15, 0.2) is 43.0 Å². The molecule has 0 aliphatic rings. The highest BCUT2D eigenvalue weighted by molar-refractivity contribution is 6.32. The zero-order valence-electron chi connectivity index (χ0n) is 22.1. The standard InChI is InChI=1S/C24H25ClN6O2.C2HF3O2/c1-13-18(25)10-17(14(2)31-9-8-16-22(26)28-12-29-23(16)31)21(33-5)20(13)15-6-7-19(27-11-15)24(32)30(3)4;3-2(4,5)1(6)7/h6-12,14H,1-5H3,(H2,26,28,29);(H,6,7). The summed E-state index contributed by atoms with van der Waals surface area (Å²) in [5.41, 5.74) is 10.5. The third-order valence-electron chi connectivity index (χ3n) is 6.04. The highest BCUT2D eigenvalue weighted by atomic mass is 35.5. The maximum Gasteiger partial charge on any atom is 0.490 e. The van der Waals surface area contributed by atoms with E-state index in [2.05, 4.69) is 15.0 Å². The number of carboxylic acid groups (broad SMARTS) is 1. The van der Waals surface area contributed by atoms with Gasteiger partial charge in [0.15, 0.2) is 0 Å². The van der Waals surface area contributed by atoms with Crippen LogP contribution in [0.1, 0.15) is 34.6 Å². The van der Waals surface area contributed by atoms with Gasteiger partial charge < -0.3 is 25.0 Å². The zero-order chi connectivity index (χ0) is 29.9. The van der Waals surface area contributed by atoms with Gasteiger partial charge in [-0.15, -0.1) is 0 Å². The number of halogens is 4. The summed E-state index contributed by atoms with van der Waals surface area (Å²) < 4.78 is 39.7.